The van der Waals surface area contributed by atoms with Crippen LogP contribution in [0, 0.1) is 0 Å². The second-order valence-electron chi connectivity index (χ2n) is 4.89. The number of hydrogen-bond donors (Lipinski definition) is 1. The van der Waals surface area contributed by atoms with Crippen LogP contribution in [-0.4, -0.2) is 30.7 Å². The zero-order chi connectivity index (χ0) is 13.4. The van der Waals surface area contributed by atoms with Gasteiger partial charge in [-0.3, -0.25) is 4.79 Å². The minimum Gasteiger partial charge on any atom is -0.306 e. The Hall–Kier alpha value is -1.61. The van der Waals surface area contributed by atoms with Gasteiger partial charge in [0.1, 0.15) is 6.54 Å². The van der Waals surface area contributed by atoms with Gasteiger partial charge in [-0.1, -0.05) is 43.8 Å². The maximum atomic E-state index is 11.3. The molecule has 1 aromatic carbocycles. The van der Waals surface area contributed by atoms with Crippen molar-refractivity contribution >= 4 is 5.91 Å². The van der Waals surface area contributed by atoms with Crippen LogP contribution >= 0.6 is 0 Å². The third-order valence-corrected chi connectivity index (χ3v) is 2.99. The van der Waals surface area contributed by atoms with Gasteiger partial charge in [-0.15, -0.1) is 0 Å². The lowest BCUT2D eigenvalue weighted by Gasteiger charge is -2.34. The van der Waals surface area contributed by atoms with E-state index in [1.807, 2.05) is 18.2 Å². The standard InChI is InChI=1S/C15H22N2O/c1-4-11-17(3,13-16-15(18)5-2)12-14-9-7-6-8-10-14/h5-10H,2,4,11-13H2,1,3H3/p+1. The van der Waals surface area contributed by atoms with Crippen molar-refractivity contribution in [1.82, 2.24) is 5.32 Å². The molecular weight excluding hydrogens is 224 g/mol. The molecule has 0 bridgehead atoms. The highest BCUT2D eigenvalue weighted by molar-refractivity contribution is 5.86. The number of benzene rings is 1. The molecule has 1 aromatic rings. The van der Waals surface area contributed by atoms with Crippen molar-refractivity contribution < 1.29 is 9.28 Å². The Balaban J connectivity index is 2.67. The Kier molecular flexibility index (Phi) is 5.59. The quantitative estimate of drug-likeness (QED) is 0.447. The molecule has 1 amide bonds. The van der Waals surface area contributed by atoms with Crippen LogP contribution in [0.1, 0.15) is 18.9 Å². The molecule has 0 aliphatic rings. The molecule has 0 aromatic heterocycles. The van der Waals surface area contributed by atoms with E-state index >= 15 is 0 Å². The molecule has 0 radical (unpaired) electrons. The molecule has 3 heteroatoms. The summed E-state index contributed by atoms with van der Waals surface area (Å²) in [5.41, 5.74) is 1.29. The summed E-state index contributed by atoms with van der Waals surface area (Å²) in [4.78, 5) is 11.3. The van der Waals surface area contributed by atoms with Crippen LogP contribution in [0.2, 0.25) is 0 Å². The lowest BCUT2D eigenvalue weighted by atomic mass is 10.2. The maximum Gasteiger partial charge on any atom is 0.247 e. The van der Waals surface area contributed by atoms with Crippen molar-refractivity contribution in [1.29, 1.82) is 0 Å². The Morgan fingerprint density at radius 1 is 1.39 bits per heavy atom. The lowest BCUT2D eigenvalue weighted by molar-refractivity contribution is -0.924. The predicted molar refractivity (Wildman–Crippen MR) is 74.7 cm³/mol. The third-order valence-electron chi connectivity index (χ3n) is 2.99. The average molecular weight is 247 g/mol. The molecule has 0 aliphatic carbocycles. The van der Waals surface area contributed by atoms with Gasteiger partial charge < -0.3 is 9.80 Å². The van der Waals surface area contributed by atoms with Crippen LogP contribution < -0.4 is 5.32 Å². The number of carbonyl (C=O) groups is 1. The monoisotopic (exact) mass is 247 g/mol. The molecule has 3 nitrogen and oxygen atoms in total. The van der Waals surface area contributed by atoms with Gasteiger partial charge in [-0.05, 0) is 12.5 Å². The Morgan fingerprint density at radius 3 is 2.61 bits per heavy atom. The summed E-state index contributed by atoms with van der Waals surface area (Å²) in [6.07, 6.45) is 2.41. The Bertz CT molecular complexity index is 389. The number of carbonyl (C=O) groups excluding carboxylic acids is 1. The lowest BCUT2D eigenvalue weighted by Crippen LogP contribution is -2.50. The van der Waals surface area contributed by atoms with E-state index in [4.69, 9.17) is 0 Å². The van der Waals surface area contributed by atoms with Crippen LogP contribution in [0.5, 0.6) is 0 Å². The van der Waals surface area contributed by atoms with Gasteiger partial charge in [0.05, 0.1) is 13.6 Å². The number of rotatable bonds is 7. The zero-order valence-electron chi connectivity index (χ0n) is 11.4. The topological polar surface area (TPSA) is 29.1 Å². The van der Waals surface area contributed by atoms with Crippen LogP contribution in [0.15, 0.2) is 43.0 Å². The average Bonchev–Trinajstić information content (AvgIpc) is 2.37. The molecule has 0 aliphatic heterocycles. The van der Waals surface area contributed by atoms with E-state index in [1.165, 1.54) is 11.6 Å². The summed E-state index contributed by atoms with van der Waals surface area (Å²) in [5.74, 6) is -0.108. The van der Waals surface area contributed by atoms with E-state index in [-0.39, 0.29) is 5.91 Å². The van der Waals surface area contributed by atoms with E-state index < -0.39 is 0 Å². The van der Waals surface area contributed by atoms with Crippen molar-refractivity contribution in [3.63, 3.8) is 0 Å². The first kappa shape index (κ1) is 14.5. The van der Waals surface area contributed by atoms with Crippen molar-refractivity contribution in [2.45, 2.75) is 19.9 Å². The molecule has 1 atom stereocenters. The third kappa shape index (κ3) is 4.72. The molecule has 0 saturated heterocycles. The highest BCUT2D eigenvalue weighted by Crippen LogP contribution is 2.11. The van der Waals surface area contributed by atoms with E-state index in [0.717, 1.165) is 24.0 Å². The summed E-state index contributed by atoms with van der Waals surface area (Å²) in [5, 5.41) is 2.89. The Labute approximate surface area is 110 Å². The fraction of sp³-hybridized carbons (Fsp3) is 0.400. The minimum absolute atomic E-state index is 0.108. The molecular formula is C15H23N2O+. The van der Waals surface area contributed by atoms with Crippen LogP contribution in [-0.2, 0) is 11.3 Å². The minimum atomic E-state index is -0.108. The predicted octanol–water partition coefficient (Wildman–Crippen LogP) is 2.30. The first-order chi connectivity index (χ1) is 8.59. The number of nitrogens with zero attached hydrogens (tertiary/aromatic N) is 1. The molecule has 0 heterocycles. The normalized spacial score (nSPS) is 13.7. The number of hydrogen-bond acceptors (Lipinski definition) is 1. The number of nitrogens with one attached hydrogen (secondary N) is 1. The van der Waals surface area contributed by atoms with Crippen molar-refractivity contribution in [3.8, 4) is 0 Å². The molecule has 1 rings (SSSR count). The van der Waals surface area contributed by atoms with E-state index in [2.05, 4.69) is 38.0 Å². The Morgan fingerprint density at radius 2 is 2.06 bits per heavy atom. The van der Waals surface area contributed by atoms with Gasteiger partial charge in [0.15, 0.2) is 6.67 Å². The SMILES string of the molecule is C=CC(=O)NC[N+](C)(CCC)Cc1ccccc1. The molecule has 18 heavy (non-hydrogen) atoms. The summed E-state index contributed by atoms with van der Waals surface area (Å²) < 4.78 is 0.806. The van der Waals surface area contributed by atoms with Crippen LogP contribution in [0.4, 0.5) is 0 Å². The summed E-state index contributed by atoms with van der Waals surface area (Å²) in [6.45, 7) is 8.23. The van der Waals surface area contributed by atoms with Gasteiger partial charge in [-0.2, -0.15) is 0 Å². The van der Waals surface area contributed by atoms with E-state index in [9.17, 15) is 4.79 Å². The maximum absolute atomic E-state index is 11.3. The molecule has 1 N–H and O–H groups in total. The smallest absolute Gasteiger partial charge is 0.247 e. The van der Waals surface area contributed by atoms with Gasteiger partial charge in [0.25, 0.3) is 0 Å². The molecule has 0 spiro atoms. The zero-order valence-corrected chi connectivity index (χ0v) is 11.4. The van der Waals surface area contributed by atoms with Gasteiger partial charge in [0.2, 0.25) is 5.91 Å². The summed E-state index contributed by atoms with van der Waals surface area (Å²) in [7, 11) is 2.17. The van der Waals surface area contributed by atoms with E-state index in [1.54, 1.807) is 0 Å². The highest BCUT2D eigenvalue weighted by atomic mass is 16.1. The second kappa shape index (κ2) is 6.97. The van der Waals surface area contributed by atoms with Crippen molar-refractivity contribution in [3.05, 3.63) is 48.6 Å². The number of amides is 1. The second-order valence-corrected chi connectivity index (χ2v) is 4.89. The van der Waals surface area contributed by atoms with E-state index in [0.29, 0.717) is 6.67 Å². The summed E-state index contributed by atoms with van der Waals surface area (Å²) in [6, 6.07) is 10.4. The van der Waals surface area contributed by atoms with Crippen molar-refractivity contribution in [2.75, 3.05) is 20.3 Å². The molecule has 1 unspecified atom stereocenters. The van der Waals surface area contributed by atoms with Crippen LogP contribution in [0.3, 0.4) is 0 Å². The first-order valence-corrected chi connectivity index (χ1v) is 6.37. The fourth-order valence-corrected chi connectivity index (χ4v) is 2.12. The number of quaternary nitrogens is 1. The van der Waals surface area contributed by atoms with Crippen LogP contribution in [0.25, 0.3) is 0 Å². The summed E-state index contributed by atoms with van der Waals surface area (Å²) >= 11 is 0. The van der Waals surface area contributed by atoms with Gasteiger partial charge in [0, 0.05) is 5.56 Å². The van der Waals surface area contributed by atoms with Crippen molar-refractivity contribution in [2.24, 2.45) is 0 Å². The largest absolute Gasteiger partial charge is 0.306 e. The van der Waals surface area contributed by atoms with Gasteiger partial charge in [-0.25, -0.2) is 0 Å². The van der Waals surface area contributed by atoms with Gasteiger partial charge >= 0.3 is 0 Å². The molecule has 0 saturated carbocycles. The fourth-order valence-electron chi connectivity index (χ4n) is 2.12. The molecule has 98 valence electrons. The first-order valence-electron chi connectivity index (χ1n) is 6.37. The molecule has 0 fully saturated rings. The highest BCUT2D eigenvalue weighted by Gasteiger charge is 2.21.